The summed E-state index contributed by atoms with van der Waals surface area (Å²) in [7, 11) is 1.95. The fourth-order valence-corrected chi connectivity index (χ4v) is 3.20. The van der Waals surface area contributed by atoms with Gasteiger partial charge in [0, 0.05) is 0 Å². The Morgan fingerprint density at radius 1 is 0.711 bits per heavy atom. The number of hydrogen-bond donors (Lipinski definition) is 4. The molecule has 1 atom stereocenters. The maximum atomic E-state index is 12.0. The standard InChI is InChI=1S/C25H48N4O8.ClH/c1-23(2,3)35-20(32)26-13-16-29(10,17-14-27-21(33)36-24(4,5)6)15-11-12-18(19(30)31)28-22(34)37-25(7,8)9;/h18H,11-17H2,1-10H3,(H3-,26,27,28,30,31,32,33,34);1H/t18-;/m0./s1. The normalized spacial score (nSPS) is 12.9. The van der Waals surface area contributed by atoms with Crippen LogP contribution in [-0.4, -0.2) is 96.5 Å². The van der Waals surface area contributed by atoms with Crippen LogP contribution in [0.4, 0.5) is 14.4 Å². The van der Waals surface area contributed by atoms with Gasteiger partial charge in [0.1, 0.15) is 22.8 Å². The Balaban J connectivity index is 0. The molecule has 38 heavy (non-hydrogen) atoms. The number of amides is 3. The Morgan fingerprint density at radius 2 is 1.08 bits per heavy atom. The molecule has 0 aromatic carbocycles. The van der Waals surface area contributed by atoms with Crippen LogP contribution in [0, 0.1) is 0 Å². The van der Waals surface area contributed by atoms with Gasteiger partial charge in [-0.1, -0.05) is 0 Å². The van der Waals surface area contributed by atoms with Crippen LogP contribution < -0.4 is 28.4 Å². The van der Waals surface area contributed by atoms with E-state index in [0.29, 0.717) is 43.6 Å². The van der Waals surface area contributed by atoms with Crippen LogP contribution in [0.2, 0.25) is 0 Å². The number of carbonyl (C=O) groups excluding carboxylic acids is 3. The van der Waals surface area contributed by atoms with Gasteiger partial charge in [0.05, 0.1) is 39.8 Å². The molecule has 12 nitrogen and oxygen atoms in total. The van der Waals surface area contributed by atoms with Gasteiger partial charge in [0.2, 0.25) is 0 Å². The SMILES string of the molecule is CC(C)(C)OC(=O)NCC[N+](C)(CCC[C@H](NC(=O)OC(C)(C)C)C(=O)O)CCNC(=O)OC(C)(C)C.[Cl-]. The van der Waals surface area contributed by atoms with E-state index in [1.54, 1.807) is 62.3 Å². The Bertz CT molecular complexity index is 739. The minimum absolute atomic E-state index is 0. The number of aliphatic carboxylic acids is 1. The smallest absolute Gasteiger partial charge is 0.408 e. The summed E-state index contributed by atoms with van der Waals surface area (Å²) >= 11 is 0. The van der Waals surface area contributed by atoms with Gasteiger partial charge in [0.25, 0.3) is 0 Å². The van der Waals surface area contributed by atoms with E-state index in [0.717, 1.165) is 0 Å². The second-order valence-corrected chi connectivity index (χ2v) is 12.3. The molecule has 0 saturated heterocycles. The van der Waals surface area contributed by atoms with Crippen molar-refractivity contribution in [3.05, 3.63) is 0 Å². The van der Waals surface area contributed by atoms with Crippen molar-refractivity contribution in [3.63, 3.8) is 0 Å². The molecule has 0 aliphatic heterocycles. The maximum Gasteiger partial charge on any atom is 0.408 e. The van der Waals surface area contributed by atoms with E-state index in [1.165, 1.54) is 0 Å². The summed E-state index contributed by atoms with van der Waals surface area (Å²) in [6.07, 6.45) is -1.21. The summed E-state index contributed by atoms with van der Waals surface area (Å²) in [5.74, 6) is -1.15. The number of alkyl carbamates (subject to hydrolysis) is 3. The van der Waals surface area contributed by atoms with Crippen LogP contribution in [0.1, 0.15) is 75.2 Å². The molecule has 3 amide bonds. The van der Waals surface area contributed by atoms with Gasteiger partial charge >= 0.3 is 24.2 Å². The minimum atomic E-state index is -1.15. The summed E-state index contributed by atoms with van der Waals surface area (Å²) < 4.78 is 16.1. The third kappa shape index (κ3) is 20.6. The van der Waals surface area contributed by atoms with Crippen molar-refractivity contribution >= 4 is 24.2 Å². The molecule has 0 aliphatic rings. The number of carboxylic acid groups (broad SMARTS) is 1. The first-order valence-electron chi connectivity index (χ1n) is 12.6. The lowest BCUT2D eigenvalue weighted by atomic mass is 10.1. The number of carbonyl (C=O) groups is 4. The van der Waals surface area contributed by atoms with E-state index in [4.69, 9.17) is 14.2 Å². The van der Waals surface area contributed by atoms with Crippen molar-refractivity contribution in [3.8, 4) is 0 Å². The van der Waals surface area contributed by atoms with Crippen LogP contribution in [0.5, 0.6) is 0 Å². The molecular weight excluding hydrogens is 520 g/mol. The largest absolute Gasteiger partial charge is 1.00 e. The number of nitrogens with zero attached hydrogens (tertiary/aromatic N) is 1. The first-order valence-corrected chi connectivity index (χ1v) is 12.6. The number of rotatable bonds is 12. The molecule has 0 saturated carbocycles. The highest BCUT2D eigenvalue weighted by atomic mass is 35.5. The summed E-state index contributed by atoms with van der Waals surface area (Å²) in [6.45, 7) is 17.9. The molecule has 0 aliphatic carbocycles. The number of carboxylic acids is 1. The number of hydrogen-bond acceptors (Lipinski definition) is 7. The van der Waals surface area contributed by atoms with Gasteiger partial charge in [-0.3, -0.25) is 0 Å². The number of quaternary nitrogens is 1. The highest BCUT2D eigenvalue weighted by Crippen LogP contribution is 2.11. The molecular formula is C25H49ClN4O8. The van der Waals surface area contributed by atoms with Crippen LogP contribution in [-0.2, 0) is 19.0 Å². The van der Waals surface area contributed by atoms with Crippen molar-refractivity contribution in [1.29, 1.82) is 0 Å². The molecule has 13 heteroatoms. The van der Waals surface area contributed by atoms with Gasteiger partial charge in [-0.15, -0.1) is 0 Å². The Kier molecular flexibility index (Phi) is 15.7. The van der Waals surface area contributed by atoms with Crippen molar-refractivity contribution in [2.24, 2.45) is 0 Å². The van der Waals surface area contributed by atoms with Crippen molar-refractivity contribution in [2.45, 2.75) is 98.0 Å². The van der Waals surface area contributed by atoms with Crippen molar-refractivity contribution in [2.75, 3.05) is 39.8 Å². The van der Waals surface area contributed by atoms with Gasteiger partial charge < -0.3 is 52.2 Å². The zero-order chi connectivity index (χ0) is 29.1. The highest BCUT2D eigenvalue weighted by molar-refractivity contribution is 5.79. The van der Waals surface area contributed by atoms with E-state index in [2.05, 4.69) is 16.0 Å². The Labute approximate surface area is 233 Å². The summed E-state index contributed by atoms with van der Waals surface area (Å²) in [5, 5.41) is 17.4. The molecule has 0 radical (unpaired) electrons. The average molecular weight is 569 g/mol. The number of likely N-dealkylation sites (N-methyl/N-ethyl adjacent to an activating group) is 1. The molecule has 0 fully saturated rings. The number of halogens is 1. The van der Waals surface area contributed by atoms with E-state index >= 15 is 0 Å². The van der Waals surface area contributed by atoms with E-state index < -0.39 is 47.1 Å². The topological polar surface area (TPSA) is 152 Å². The van der Waals surface area contributed by atoms with Crippen LogP contribution in [0.15, 0.2) is 0 Å². The molecule has 0 rings (SSSR count). The highest BCUT2D eigenvalue weighted by Gasteiger charge is 2.27. The Morgan fingerprint density at radius 3 is 1.42 bits per heavy atom. The Hall–Kier alpha value is -2.47. The second kappa shape index (κ2) is 15.8. The molecule has 4 N–H and O–H groups in total. The summed E-state index contributed by atoms with van der Waals surface area (Å²) in [4.78, 5) is 47.8. The van der Waals surface area contributed by atoms with Gasteiger partial charge in [0.15, 0.2) is 0 Å². The summed E-state index contributed by atoms with van der Waals surface area (Å²) in [5.41, 5.74) is -1.98. The molecule has 0 spiro atoms. The molecule has 0 aromatic rings. The van der Waals surface area contributed by atoms with Crippen molar-refractivity contribution < 1.29 is 55.4 Å². The average Bonchev–Trinajstić information content (AvgIpc) is 2.62. The van der Waals surface area contributed by atoms with Crippen LogP contribution in [0.25, 0.3) is 0 Å². The predicted octanol–water partition coefficient (Wildman–Crippen LogP) is 0.245. The minimum Gasteiger partial charge on any atom is -1.00 e. The summed E-state index contributed by atoms with van der Waals surface area (Å²) in [6, 6.07) is -1.11. The van der Waals surface area contributed by atoms with Gasteiger partial charge in [-0.25, -0.2) is 19.2 Å². The number of nitrogens with one attached hydrogen (secondary N) is 3. The molecule has 224 valence electrons. The van der Waals surface area contributed by atoms with Crippen LogP contribution in [0.3, 0.4) is 0 Å². The fraction of sp³-hybridized carbons (Fsp3) is 0.840. The zero-order valence-corrected chi connectivity index (χ0v) is 25.4. The predicted molar refractivity (Wildman–Crippen MR) is 139 cm³/mol. The van der Waals surface area contributed by atoms with E-state index in [1.807, 2.05) is 7.05 Å². The van der Waals surface area contributed by atoms with Gasteiger partial charge in [-0.05, 0) is 75.2 Å². The molecule has 0 aromatic heterocycles. The quantitative estimate of drug-likeness (QED) is 0.193. The lowest BCUT2D eigenvalue weighted by molar-refractivity contribution is -0.907. The fourth-order valence-electron chi connectivity index (χ4n) is 3.20. The maximum absolute atomic E-state index is 12.0. The lowest BCUT2D eigenvalue weighted by Gasteiger charge is -2.35. The number of ether oxygens (including phenoxy) is 3. The molecule has 0 unspecified atom stereocenters. The van der Waals surface area contributed by atoms with E-state index in [-0.39, 0.29) is 18.8 Å². The molecule has 0 heterocycles. The van der Waals surface area contributed by atoms with Gasteiger partial charge in [-0.2, -0.15) is 0 Å². The van der Waals surface area contributed by atoms with E-state index in [9.17, 15) is 24.3 Å². The van der Waals surface area contributed by atoms with Crippen molar-refractivity contribution in [1.82, 2.24) is 16.0 Å². The zero-order valence-electron chi connectivity index (χ0n) is 24.7. The monoisotopic (exact) mass is 568 g/mol. The first-order chi connectivity index (χ1) is 16.6. The first kappa shape index (κ1) is 37.7. The third-order valence-corrected chi connectivity index (χ3v) is 4.82. The third-order valence-electron chi connectivity index (χ3n) is 4.82. The second-order valence-electron chi connectivity index (χ2n) is 12.3. The lowest BCUT2D eigenvalue weighted by Crippen LogP contribution is -3.00. The van der Waals surface area contributed by atoms with Crippen LogP contribution >= 0.6 is 0 Å². The molecule has 0 bridgehead atoms.